The summed E-state index contributed by atoms with van der Waals surface area (Å²) in [6.07, 6.45) is 40.4. The molecule has 0 heterocycles. The summed E-state index contributed by atoms with van der Waals surface area (Å²) in [4.78, 5) is 35.7. The zero-order chi connectivity index (χ0) is 47.8. The van der Waals surface area contributed by atoms with Gasteiger partial charge in [-0.05, 0) is 89.9 Å². The quantitative estimate of drug-likeness (QED) is 0.0148. The van der Waals surface area contributed by atoms with E-state index >= 15 is 0 Å². The fourth-order valence-corrected chi connectivity index (χ4v) is 7.48. The van der Waals surface area contributed by atoms with Gasteiger partial charge < -0.3 is 39.9 Å². The Balaban J connectivity index is 2.53. The number of carbonyl (C=O) groups excluding carboxylic acids is 2. The molecule has 1 saturated carbocycles. The molecule has 0 saturated heterocycles. The fraction of sp³-hybridized carbons (Fsp3) is 0.647. The standard InChI is InChI=1S/C51H83O13P/c1-3-5-7-9-11-13-15-17-19-21-22-24-26-28-30-32-34-36-38-40-45(53)63-43(42-62-65(59,60)64-51-49(57)47(55)46(54)48(56)50(51)58)41-61-44(52)39-37-35-33-31-29-27-25-23-20-18-16-14-12-10-8-6-4-2/h11-14,17-20,22,24-25,27-28,30,34,36,43,46-51,54-58H,3-10,15-16,21,23,26,29,31-33,35,37-42H2,1-2H3,(H,59,60)/b13-11+,14-12+,19-17+,20-18+,24-22+,27-25+,30-28+,36-34+/t43-,46?,47-,48?,49?,50?,51?/m1/s1. The number of hydrogen-bond donors (Lipinski definition) is 6. The molecule has 1 fully saturated rings. The van der Waals surface area contributed by atoms with Gasteiger partial charge in [-0.1, -0.05) is 150 Å². The number of phosphoric acid groups is 1. The smallest absolute Gasteiger partial charge is 0.462 e. The Morgan fingerprint density at radius 3 is 1.31 bits per heavy atom. The molecule has 8 atom stereocenters. The molecule has 6 unspecified atom stereocenters. The van der Waals surface area contributed by atoms with Gasteiger partial charge in [0.15, 0.2) is 6.10 Å². The molecular weight excluding hydrogens is 852 g/mol. The molecule has 0 spiro atoms. The van der Waals surface area contributed by atoms with Crippen molar-refractivity contribution in [2.45, 2.75) is 198 Å². The first-order chi connectivity index (χ1) is 31.4. The zero-order valence-corrected chi connectivity index (χ0v) is 40.1. The molecule has 0 bridgehead atoms. The second kappa shape index (κ2) is 39.9. The van der Waals surface area contributed by atoms with Crippen molar-refractivity contribution >= 4 is 19.8 Å². The number of allylic oxidation sites excluding steroid dienone is 16. The number of hydrogen-bond acceptors (Lipinski definition) is 12. The van der Waals surface area contributed by atoms with E-state index < -0.39 is 75.7 Å². The van der Waals surface area contributed by atoms with Gasteiger partial charge in [0.05, 0.1) is 6.61 Å². The molecule has 0 radical (unpaired) electrons. The number of ether oxygens (including phenoxy) is 2. The minimum atomic E-state index is -5.15. The van der Waals surface area contributed by atoms with Gasteiger partial charge in [0.2, 0.25) is 0 Å². The minimum Gasteiger partial charge on any atom is -0.462 e. The highest BCUT2D eigenvalue weighted by atomic mass is 31.2. The SMILES string of the molecule is CCCCC/C=C/C/C=C/C/C=C/C/C=C/C/C=C/CCC(=O)O[C@H](COC(=O)CCCCCC/C=C/C/C=C/C/C=C/CCCCC)COP(=O)(O)OC1C(O)C(O)C(O)[C@@H](O)C1O. The lowest BCUT2D eigenvalue weighted by atomic mass is 9.85. The van der Waals surface area contributed by atoms with Crippen molar-refractivity contribution in [3.05, 3.63) is 97.2 Å². The van der Waals surface area contributed by atoms with Crippen molar-refractivity contribution in [1.29, 1.82) is 0 Å². The number of carbonyl (C=O) groups is 2. The van der Waals surface area contributed by atoms with Gasteiger partial charge >= 0.3 is 19.8 Å². The van der Waals surface area contributed by atoms with E-state index in [-0.39, 0.29) is 12.8 Å². The van der Waals surface area contributed by atoms with Gasteiger partial charge in [0, 0.05) is 12.8 Å². The number of phosphoric ester groups is 1. The van der Waals surface area contributed by atoms with Crippen molar-refractivity contribution in [3.63, 3.8) is 0 Å². The molecule has 370 valence electrons. The van der Waals surface area contributed by atoms with Crippen LogP contribution < -0.4 is 0 Å². The van der Waals surface area contributed by atoms with Crippen LogP contribution in [0.4, 0.5) is 0 Å². The Morgan fingerprint density at radius 2 is 0.862 bits per heavy atom. The van der Waals surface area contributed by atoms with E-state index in [4.69, 9.17) is 18.5 Å². The summed E-state index contributed by atoms with van der Waals surface area (Å²) >= 11 is 0. The Bertz CT molecular complexity index is 1500. The van der Waals surface area contributed by atoms with Crippen LogP contribution in [0, 0.1) is 0 Å². The number of aliphatic hydroxyl groups is 5. The van der Waals surface area contributed by atoms with Crippen molar-refractivity contribution in [2.75, 3.05) is 13.2 Å². The molecule has 0 aromatic rings. The van der Waals surface area contributed by atoms with Crippen molar-refractivity contribution in [1.82, 2.24) is 0 Å². The molecule has 65 heavy (non-hydrogen) atoms. The third-order valence-corrected chi connectivity index (χ3v) is 11.4. The lowest BCUT2D eigenvalue weighted by Gasteiger charge is -2.41. The maximum atomic E-state index is 12.8. The minimum absolute atomic E-state index is 0.0375. The molecule has 6 N–H and O–H groups in total. The molecule has 0 aromatic carbocycles. The van der Waals surface area contributed by atoms with Gasteiger partial charge in [-0.2, -0.15) is 0 Å². The summed E-state index contributed by atoms with van der Waals surface area (Å²) in [5, 5.41) is 50.2. The van der Waals surface area contributed by atoms with Crippen LogP contribution in [0.3, 0.4) is 0 Å². The largest absolute Gasteiger partial charge is 0.472 e. The van der Waals surface area contributed by atoms with E-state index in [2.05, 4.69) is 92.8 Å². The first-order valence-corrected chi connectivity index (χ1v) is 25.5. The van der Waals surface area contributed by atoms with Crippen LogP contribution in [0.25, 0.3) is 0 Å². The van der Waals surface area contributed by atoms with Crippen molar-refractivity contribution < 1.29 is 63.1 Å². The van der Waals surface area contributed by atoms with Crippen molar-refractivity contribution in [2.24, 2.45) is 0 Å². The lowest BCUT2D eigenvalue weighted by Crippen LogP contribution is -2.64. The average Bonchev–Trinajstić information content (AvgIpc) is 3.29. The molecule has 1 rings (SSSR count). The van der Waals surface area contributed by atoms with Crippen LogP contribution >= 0.6 is 7.82 Å². The zero-order valence-electron chi connectivity index (χ0n) is 39.2. The number of esters is 2. The average molecular weight is 935 g/mol. The molecule has 13 nitrogen and oxygen atoms in total. The van der Waals surface area contributed by atoms with Crippen LogP contribution in [0.1, 0.15) is 155 Å². The van der Waals surface area contributed by atoms with E-state index in [0.717, 1.165) is 70.6 Å². The Kier molecular flexibility index (Phi) is 36.7. The highest BCUT2D eigenvalue weighted by Gasteiger charge is 2.51. The first kappa shape index (κ1) is 59.8. The van der Waals surface area contributed by atoms with E-state index in [1.54, 1.807) is 0 Å². The van der Waals surface area contributed by atoms with Crippen LogP contribution in [-0.4, -0.2) is 98.3 Å². The molecule has 1 aliphatic carbocycles. The number of aliphatic hydroxyl groups excluding tert-OH is 5. The number of rotatable bonds is 38. The van der Waals surface area contributed by atoms with E-state index in [1.165, 1.54) is 38.5 Å². The highest BCUT2D eigenvalue weighted by Crippen LogP contribution is 2.47. The Morgan fingerprint density at radius 1 is 0.477 bits per heavy atom. The summed E-state index contributed by atoms with van der Waals surface area (Å²) in [5.74, 6) is -1.23. The van der Waals surface area contributed by atoms with Crippen LogP contribution in [0.2, 0.25) is 0 Å². The summed E-state index contributed by atoms with van der Waals surface area (Å²) in [7, 11) is -5.15. The van der Waals surface area contributed by atoms with Crippen LogP contribution in [0.15, 0.2) is 97.2 Å². The molecule has 0 aliphatic heterocycles. The van der Waals surface area contributed by atoms with E-state index in [1.807, 2.05) is 18.2 Å². The second-order valence-electron chi connectivity index (χ2n) is 16.3. The predicted molar refractivity (Wildman–Crippen MR) is 258 cm³/mol. The third kappa shape index (κ3) is 32.2. The molecule has 0 amide bonds. The van der Waals surface area contributed by atoms with Crippen molar-refractivity contribution in [3.8, 4) is 0 Å². The molecule has 1 aliphatic rings. The molecular formula is C51H83O13P. The van der Waals surface area contributed by atoms with Gasteiger partial charge in [-0.15, -0.1) is 0 Å². The van der Waals surface area contributed by atoms with E-state index in [0.29, 0.717) is 19.3 Å². The summed E-state index contributed by atoms with van der Waals surface area (Å²) in [6, 6.07) is 0. The van der Waals surface area contributed by atoms with Crippen LogP contribution in [0.5, 0.6) is 0 Å². The van der Waals surface area contributed by atoms with Gasteiger partial charge in [-0.25, -0.2) is 4.57 Å². The normalized spacial score (nSPS) is 22.3. The monoisotopic (exact) mass is 935 g/mol. The van der Waals surface area contributed by atoms with Crippen LogP contribution in [-0.2, 0) is 32.7 Å². The number of unbranched alkanes of at least 4 members (excludes halogenated alkanes) is 10. The molecule has 14 heteroatoms. The predicted octanol–water partition coefficient (Wildman–Crippen LogP) is 9.83. The highest BCUT2D eigenvalue weighted by molar-refractivity contribution is 7.47. The Labute approximate surface area is 390 Å². The molecule has 0 aromatic heterocycles. The van der Waals surface area contributed by atoms with E-state index in [9.17, 15) is 44.6 Å². The Hall–Kier alpha value is -3.23. The first-order valence-electron chi connectivity index (χ1n) is 24.0. The topological polar surface area (TPSA) is 210 Å². The lowest BCUT2D eigenvalue weighted by molar-refractivity contribution is -0.220. The van der Waals surface area contributed by atoms with Gasteiger partial charge in [-0.3, -0.25) is 18.6 Å². The second-order valence-corrected chi connectivity index (χ2v) is 17.7. The van der Waals surface area contributed by atoms with Gasteiger partial charge in [0.25, 0.3) is 0 Å². The maximum Gasteiger partial charge on any atom is 0.472 e. The van der Waals surface area contributed by atoms with Gasteiger partial charge in [0.1, 0.15) is 43.2 Å². The summed E-state index contributed by atoms with van der Waals surface area (Å²) in [5.41, 5.74) is 0. The summed E-state index contributed by atoms with van der Waals surface area (Å²) < 4.78 is 33.4. The third-order valence-electron chi connectivity index (χ3n) is 10.4. The fourth-order valence-electron chi connectivity index (χ4n) is 6.51. The summed E-state index contributed by atoms with van der Waals surface area (Å²) in [6.45, 7) is 3.15. The maximum absolute atomic E-state index is 12.8.